The van der Waals surface area contributed by atoms with Gasteiger partial charge < -0.3 is 5.11 Å². The van der Waals surface area contributed by atoms with Gasteiger partial charge in [-0.3, -0.25) is 15.6 Å². The molecule has 9 heteroatoms. The Labute approximate surface area is 191 Å². The molecular formula is C24H28N7O2+. The number of nitrogens with two attached hydrogens (primary N) is 1. The highest BCUT2D eigenvalue weighted by Gasteiger charge is 2.31. The van der Waals surface area contributed by atoms with E-state index in [1.807, 2.05) is 63.4 Å². The lowest BCUT2D eigenvalue weighted by atomic mass is 9.99. The third-order valence-electron chi connectivity index (χ3n) is 6.29. The highest BCUT2D eigenvalue weighted by atomic mass is 16.3. The Morgan fingerprint density at radius 3 is 2.48 bits per heavy atom. The minimum atomic E-state index is -0.394. The Kier molecular flexibility index (Phi) is 5.22. The molecule has 1 aliphatic rings. The van der Waals surface area contributed by atoms with Crippen LogP contribution in [0.15, 0.2) is 47.3 Å². The van der Waals surface area contributed by atoms with Crippen LogP contribution >= 0.6 is 0 Å². The van der Waals surface area contributed by atoms with Crippen LogP contribution in [0.2, 0.25) is 0 Å². The number of aromatic nitrogens is 5. The van der Waals surface area contributed by atoms with Gasteiger partial charge in [0.15, 0.2) is 0 Å². The van der Waals surface area contributed by atoms with Gasteiger partial charge in [0.2, 0.25) is 5.65 Å². The van der Waals surface area contributed by atoms with Gasteiger partial charge in [-0.15, -0.1) is 9.50 Å². The van der Waals surface area contributed by atoms with Gasteiger partial charge in [0, 0.05) is 29.5 Å². The van der Waals surface area contributed by atoms with Crippen molar-refractivity contribution in [3.8, 4) is 22.4 Å². The van der Waals surface area contributed by atoms with Crippen molar-refractivity contribution in [3.05, 3.63) is 64.3 Å². The summed E-state index contributed by atoms with van der Waals surface area (Å²) in [7, 11) is 1.95. The summed E-state index contributed by atoms with van der Waals surface area (Å²) in [6.45, 7) is 4.86. The van der Waals surface area contributed by atoms with Crippen molar-refractivity contribution in [3.63, 3.8) is 0 Å². The molecule has 9 nitrogen and oxygen atoms in total. The zero-order chi connectivity index (χ0) is 23.3. The van der Waals surface area contributed by atoms with Gasteiger partial charge in [-0.2, -0.15) is 4.68 Å². The standard InChI is InChI=1S/C24H27N7O2/c1-14-9-17(10-15(2)26-14)20-21(16-7-5-4-6-8-16)27-23(25)31-22(20)28-30(24(31)33)12-18-11-19(32)13-29(18)3/h4-10,18-19,32H,11-13H2,1-3H3,(H2,25,27)/p+1/t18-,19-/m0/s1. The number of aromatic amines is 1. The molecule has 0 amide bonds. The lowest BCUT2D eigenvalue weighted by Gasteiger charge is -2.17. The van der Waals surface area contributed by atoms with Crippen LogP contribution in [0.1, 0.15) is 17.8 Å². The van der Waals surface area contributed by atoms with Crippen molar-refractivity contribution in [1.29, 1.82) is 0 Å². The quantitative estimate of drug-likeness (QED) is 0.488. The number of H-pyrrole nitrogens is 1. The molecule has 0 saturated carbocycles. The largest absolute Gasteiger partial charge is 0.411 e. The van der Waals surface area contributed by atoms with Crippen molar-refractivity contribution >= 4 is 11.6 Å². The molecule has 0 bridgehead atoms. The van der Waals surface area contributed by atoms with Crippen molar-refractivity contribution in [2.24, 2.45) is 0 Å². The number of nitrogens with one attached hydrogen (secondary N) is 1. The van der Waals surface area contributed by atoms with Crippen LogP contribution in [0.4, 0.5) is 5.95 Å². The third-order valence-corrected chi connectivity index (χ3v) is 6.29. The fraction of sp³-hybridized carbons (Fsp3) is 0.333. The first-order valence-corrected chi connectivity index (χ1v) is 11.1. The number of likely N-dealkylation sites (N-methyl/N-ethyl adjacent to an activating group) is 1. The van der Waals surface area contributed by atoms with E-state index in [4.69, 9.17) is 10.8 Å². The van der Waals surface area contributed by atoms with Gasteiger partial charge in [-0.05, 0) is 45.0 Å². The van der Waals surface area contributed by atoms with Gasteiger partial charge in [0.25, 0.3) is 0 Å². The number of β-amino-alcohol motifs (C(OH)–C–C–N with tert-alkyl or cyclic N) is 1. The predicted molar refractivity (Wildman–Crippen MR) is 126 cm³/mol. The molecule has 1 aliphatic heterocycles. The average Bonchev–Trinajstić information content (AvgIpc) is 3.26. The molecule has 1 saturated heterocycles. The van der Waals surface area contributed by atoms with Crippen LogP contribution in [0.25, 0.3) is 28.0 Å². The molecule has 4 aromatic rings. The number of aliphatic hydroxyl groups is 1. The second kappa shape index (κ2) is 8.09. The highest BCUT2D eigenvalue weighted by Crippen LogP contribution is 2.33. The summed E-state index contributed by atoms with van der Waals surface area (Å²) in [5.74, 6) is 0.214. The van der Waals surface area contributed by atoms with E-state index >= 15 is 0 Å². The summed E-state index contributed by atoms with van der Waals surface area (Å²) in [6.07, 6.45) is 0.206. The number of nitrogen functional groups attached to an aromatic ring is 1. The van der Waals surface area contributed by atoms with Gasteiger partial charge in [-0.1, -0.05) is 30.3 Å². The second-order valence-electron chi connectivity index (χ2n) is 8.87. The van der Waals surface area contributed by atoms with Crippen LogP contribution < -0.4 is 16.4 Å². The first-order chi connectivity index (χ1) is 15.8. The van der Waals surface area contributed by atoms with Crippen molar-refractivity contribution in [2.75, 3.05) is 19.3 Å². The zero-order valence-electron chi connectivity index (χ0n) is 19.0. The Morgan fingerprint density at radius 1 is 1.15 bits per heavy atom. The Hall–Kier alpha value is -3.56. The number of aryl methyl sites for hydroxylation is 2. The number of hydrogen-bond donors (Lipinski definition) is 2. The topological polar surface area (TPSA) is 116 Å². The maximum absolute atomic E-state index is 13.4. The molecule has 0 aliphatic carbocycles. The number of hydrogen-bond acceptors (Lipinski definition) is 6. The molecule has 4 N–H and O–H groups in total. The van der Waals surface area contributed by atoms with Crippen LogP contribution in [0.3, 0.4) is 0 Å². The minimum Gasteiger partial charge on any atom is -0.392 e. The molecule has 1 aromatic carbocycles. The molecule has 5 rings (SSSR count). The molecule has 3 aromatic heterocycles. The number of likely N-dealkylation sites (tertiary alicyclic amines) is 1. The highest BCUT2D eigenvalue weighted by molar-refractivity contribution is 5.88. The molecule has 0 spiro atoms. The predicted octanol–water partition coefficient (Wildman–Crippen LogP) is 1.30. The van der Waals surface area contributed by atoms with E-state index in [2.05, 4.69) is 14.9 Å². The zero-order valence-corrected chi connectivity index (χ0v) is 19.0. The lowest BCUT2D eigenvalue weighted by molar-refractivity contribution is -0.351. The first kappa shape index (κ1) is 21.3. The third kappa shape index (κ3) is 3.79. The Morgan fingerprint density at radius 2 is 1.85 bits per heavy atom. The van der Waals surface area contributed by atoms with E-state index in [0.29, 0.717) is 25.2 Å². The number of aliphatic hydroxyl groups excluding tert-OH is 1. The summed E-state index contributed by atoms with van der Waals surface area (Å²) in [6, 6.07) is 13.9. The number of pyridine rings is 1. The molecule has 0 unspecified atom stereocenters. The smallest absolute Gasteiger partial charge is 0.392 e. The first-order valence-electron chi connectivity index (χ1n) is 11.1. The van der Waals surface area contributed by atoms with E-state index in [1.165, 1.54) is 9.08 Å². The normalized spacial score (nSPS) is 18.9. The number of rotatable bonds is 4. The van der Waals surface area contributed by atoms with Crippen molar-refractivity contribution in [2.45, 2.75) is 39.0 Å². The summed E-state index contributed by atoms with van der Waals surface area (Å²) >= 11 is 0. The molecule has 4 heterocycles. The molecule has 1 fully saturated rings. The van der Waals surface area contributed by atoms with E-state index in [-0.39, 0.29) is 17.7 Å². The Bertz CT molecular complexity index is 1370. The van der Waals surface area contributed by atoms with Crippen LogP contribution in [-0.4, -0.2) is 54.9 Å². The van der Waals surface area contributed by atoms with Gasteiger partial charge in [0.05, 0.1) is 18.2 Å². The number of benzene rings is 1. The van der Waals surface area contributed by atoms with Gasteiger partial charge in [-0.25, -0.2) is 9.78 Å². The SMILES string of the molecule is Cc1cc(-c2c(-c3ccccc3)[nH+]c(N)n3c(=O)n(C[C@@H]4C[C@H](O)CN4C)nc23)cc(C)n1. The van der Waals surface area contributed by atoms with Gasteiger partial charge in [0.1, 0.15) is 5.69 Å². The fourth-order valence-electron chi connectivity index (χ4n) is 4.80. The molecule has 170 valence electrons. The molecule has 0 radical (unpaired) electrons. The number of nitrogens with zero attached hydrogens (tertiary/aromatic N) is 5. The second-order valence-corrected chi connectivity index (χ2v) is 8.87. The maximum Gasteiger partial charge on any atom is 0.411 e. The maximum atomic E-state index is 13.4. The van der Waals surface area contributed by atoms with Crippen LogP contribution in [-0.2, 0) is 6.54 Å². The minimum absolute atomic E-state index is 0.0234. The number of anilines is 1. The fourth-order valence-corrected chi connectivity index (χ4v) is 4.80. The van der Waals surface area contributed by atoms with Crippen molar-refractivity contribution < 1.29 is 10.1 Å². The lowest BCUT2D eigenvalue weighted by Crippen LogP contribution is -2.34. The average molecular weight is 447 g/mol. The van der Waals surface area contributed by atoms with E-state index < -0.39 is 6.10 Å². The Balaban J connectivity index is 1.77. The van der Waals surface area contributed by atoms with Crippen molar-refractivity contribution in [1.82, 2.24) is 24.1 Å². The molecule has 2 atom stereocenters. The summed E-state index contributed by atoms with van der Waals surface area (Å²) in [5, 5.41) is 14.8. The van der Waals surface area contributed by atoms with Gasteiger partial charge >= 0.3 is 11.6 Å². The monoisotopic (exact) mass is 446 g/mol. The van der Waals surface area contributed by atoms with Crippen LogP contribution in [0.5, 0.6) is 0 Å². The summed E-state index contributed by atoms with van der Waals surface area (Å²) in [5.41, 5.74) is 11.7. The number of fused-ring (bicyclic) bond motifs is 1. The van der Waals surface area contributed by atoms with Crippen LogP contribution in [0, 0.1) is 13.8 Å². The summed E-state index contributed by atoms with van der Waals surface area (Å²) < 4.78 is 2.89. The molecular weight excluding hydrogens is 418 g/mol. The van der Waals surface area contributed by atoms with E-state index in [9.17, 15) is 9.90 Å². The molecule has 33 heavy (non-hydrogen) atoms. The summed E-state index contributed by atoms with van der Waals surface area (Å²) in [4.78, 5) is 23.2. The van der Waals surface area contributed by atoms with E-state index in [0.717, 1.165) is 33.8 Å². The van der Waals surface area contributed by atoms with E-state index in [1.54, 1.807) is 0 Å².